The van der Waals surface area contributed by atoms with Gasteiger partial charge in [-0.2, -0.15) is 0 Å². The zero-order valence-corrected chi connectivity index (χ0v) is 25.2. The molecule has 0 saturated heterocycles. The molecule has 0 amide bonds. The van der Waals surface area contributed by atoms with Gasteiger partial charge in [0, 0.05) is 29.9 Å². The van der Waals surface area contributed by atoms with Gasteiger partial charge in [0.1, 0.15) is 11.5 Å². The third kappa shape index (κ3) is 8.70. The second kappa shape index (κ2) is 15.5. The first-order valence-electron chi connectivity index (χ1n) is 14.0. The van der Waals surface area contributed by atoms with Gasteiger partial charge in [-0.05, 0) is 100 Å². The summed E-state index contributed by atoms with van der Waals surface area (Å²) in [5.41, 5.74) is 3.78. The molecule has 0 bridgehead atoms. The molecule has 0 radical (unpaired) electrons. The molecular formula is C31H44N4O3S. The van der Waals surface area contributed by atoms with Gasteiger partial charge in [-0.25, -0.2) is 0 Å². The summed E-state index contributed by atoms with van der Waals surface area (Å²) < 4.78 is 17.3. The first kappa shape index (κ1) is 30.4. The minimum Gasteiger partial charge on any atom is -0.493 e. The maximum Gasteiger partial charge on any atom is 0.170 e. The molecule has 0 atom stereocenters. The SMILES string of the molecule is CCCCN(CCCC)CCCNC(=S)Nc1cc(C)c(Oc2ccnc3cc(OC)c(OC)cc23)cc1C. The molecule has 2 aromatic carbocycles. The van der Waals surface area contributed by atoms with Crippen molar-refractivity contribution in [3.05, 3.63) is 47.7 Å². The summed E-state index contributed by atoms with van der Waals surface area (Å²) in [5, 5.41) is 8.23. The predicted octanol–water partition coefficient (Wildman–Crippen LogP) is 7.24. The van der Waals surface area contributed by atoms with Crippen molar-refractivity contribution in [1.29, 1.82) is 0 Å². The zero-order valence-electron chi connectivity index (χ0n) is 24.4. The van der Waals surface area contributed by atoms with Crippen LogP contribution in [0.1, 0.15) is 57.1 Å². The van der Waals surface area contributed by atoms with Gasteiger partial charge >= 0.3 is 0 Å². The van der Waals surface area contributed by atoms with Crippen LogP contribution in [0, 0.1) is 13.8 Å². The van der Waals surface area contributed by atoms with Crippen molar-refractivity contribution in [2.75, 3.05) is 45.7 Å². The number of methoxy groups -OCH3 is 2. The molecule has 0 aliphatic heterocycles. The maximum absolute atomic E-state index is 6.38. The Morgan fingerprint density at radius 1 is 0.846 bits per heavy atom. The van der Waals surface area contributed by atoms with Gasteiger partial charge in [-0.3, -0.25) is 4.98 Å². The maximum atomic E-state index is 6.38. The van der Waals surface area contributed by atoms with Gasteiger partial charge in [0.15, 0.2) is 16.6 Å². The fraction of sp³-hybridized carbons (Fsp3) is 0.484. The van der Waals surface area contributed by atoms with E-state index in [9.17, 15) is 0 Å². The van der Waals surface area contributed by atoms with Gasteiger partial charge in [-0.1, -0.05) is 26.7 Å². The highest BCUT2D eigenvalue weighted by molar-refractivity contribution is 7.80. The topological polar surface area (TPSA) is 67.9 Å². The number of hydrogen-bond donors (Lipinski definition) is 2. The number of ether oxygens (including phenoxy) is 3. The highest BCUT2D eigenvalue weighted by Gasteiger charge is 2.14. The van der Waals surface area contributed by atoms with Gasteiger partial charge < -0.3 is 29.7 Å². The normalized spacial score (nSPS) is 11.1. The molecule has 0 spiro atoms. The van der Waals surface area contributed by atoms with Crippen LogP contribution in [-0.4, -0.2) is 55.4 Å². The minimum absolute atomic E-state index is 0.630. The summed E-state index contributed by atoms with van der Waals surface area (Å²) in [5.74, 6) is 2.74. The second-order valence-electron chi connectivity index (χ2n) is 9.85. The summed E-state index contributed by atoms with van der Waals surface area (Å²) in [4.78, 5) is 7.05. The van der Waals surface area contributed by atoms with Crippen LogP contribution in [-0.2, 0) is 0 Å². The molecule has 1 heterocycles. The van der Waals surface area contributed by atoms with E-state index in [1.54, 1.807) is 20.4 Å². The molecule has 3 rings (SSSR count). The van der Waals surface area contributed by atoms with Crippen LogP contribution >= 0.6 is 12.2 Å². The third-order valence-corrected chi connectivity index (χ3v) is 7.04. The molecule has 0 unspecified atom stereocenters. The lowest BCUT2D eigenvalue weighted by atomic mass is 10.1. The number of benzene rings is 2. The Balaban J connectivity index is 1.62. The molecule has 3 aromatic rings. The number of hydrogen-bond acceptors (Lipinski definition) is 6. The average molecular weight is 553 g/mol. The molecule has 7 nitrogen and oxygen atoms in total. The largest absolute Gasteiger partial charge is 0.493 e. The van der Waals surface area contributed by atoms with Gasteiger partial charge in [0.25, 0.3) is 0 Å². The summed E-state index contributed by atoms with van der Waals surface area (Å²) in [6, 6.07) is 9.72. The van der Waals surface area contributed by atoms with Crippen LogP contribution in [0.3, 0.4) is 0 Å². The van der Waals surface area contributed by atoms with Crippen molar-refractivity contribution in [3.63, 3.8) is 0 Å². The van der Waals surface area contributed by atoms with E-state index < -0.39 is 0 Å². The van der Waals surface area contributed by atoms with Crippen LogP contribution in [0.4, 0.5) is 5.69 Å². The number of thiocarbonyl (C=S) groups is 1. The van der Waals surface area contributed by atoms with Crippen LogP contribution in [0.25, 0.3) is 10.9 Å². The number of nitrogens with zero attached hydrogens (tertiary/aromatic N) is 2. The number of rotatable bonds is 15. The van der Waals surface area contributed by atoms with Crippen LogP contribution in [0.5, 0.6) is 23.0 Å². The molecule has 1 aromatic heterocycles. The second-order valence-corrected chi connectivity index (χ2v) is 10.3. The van der Waals surface area contributed by atoms with E-state index in [4.69, 9.17) is 26.4 Å². The van der Waals surface area contributed by atoms with Crippen molar-refractivity contribution < 1.29 is 14.2 Å². The number of nitrogens with one attached hydrogen (secondary N) is 2. The van der Waals surface area contributed by atoms with E-state index in [1.165, 1.54) is 38.8 Å². The van der Waals surface area contributed by atoms with Crippen LogP contribution in [0.15, 0.2) is 36.5 Å². The van der Waals surface area contributed by atoms with E-state index in [2.05, 4.69) is 47.4 Å². The number of anilines is 1. The third-order valence-electron chi connectivity index (χ3n) is 6.79. The summed E-state index contributed by atoms with van der Waals surface area (Å²) in [7, 11) is 3.23. The van der Waals surface area contributed by atoms with Gasteiger partial charge in [0.2, 0.25) is 0 Å². The molecular weight excluding hydrogens is 508 g/mol. The Kier molecular flexibility index (Phi) is 12.1. The summed E-state index contributed by atoms with van der Waals surface area (Å²) >= 11 is 5.60. The summed E-state index contributed by atoms with van der Waals surface area (Å²) in [6.45, 7) is 12.9. The number of fused-ring (bicyclic) bond motifs is 1. The van der Waals surface area contributed by atoms with Gasteiger partial charge in [0.05, 0.1) is 19.7 Å². The Labute approximate surface area is 239 Å². The lowest BCUT2D eigenvalue weighted by molar-refractivity contribution is 0.262. The van der Waals surface area contributed by atoms with Crippen LogP contribution < -0.4 is 24.8 Å². The van der Waals surface area contributed by atoms with Crippen molar-refractivity contribution in [2.45, 2.75) is 59.8 Å². The minimum atomic E-state index is 0.630. The fourth-order valence-electron chi connectivity index (χ4n) is 4.46. The molecule has 212 valence electrons. The molecule has 0 fully saturated rings. The standard InChI is InChI=1S/C31H44N4O3S/c1-7-9-15-35(16-10-8-2)17-11-13-33-31(39)34-25-18-23(4)28(19-22(25)3)38-27-12-14-32-26-21-30(37-6)29(36-5)20-24(26)27/h12,14,18-21H,7-11,13,15-17H2,1-6H3,(H2,33,34,39). The van der Waals surface area contributed by atoms with E-state index in [0.717, 1.165) is 53.0 Å². The predicted molar refractivity (Wildman–Crippen MR) is 166 cm³/mol. The van der Waals surface area contributed by atoms with Crippen molar-refractivity contribution in [3.8, 4) is 23.0 Å². The van der Waals surface area contributed by atoms with E-state index in [-0.39, 0.29) is 0 Å². The van der Waals surface area contributed by atoms with Gasteiger partial charge in [-0.15, -0.1) is 0 Å². The van der Waals surface area contributed by atoms with Crippen molar-refractivity contribution in [1.82, 2.24) is 15.2 Å². The first-order chi connectivity index (χ1) is 18.9. The number of pyridine rings is 1. The van der Waals surface area contributed by atoms with Crippen molar-refractivity contribution in [2.24, 2.45) is 0 Å². The summed E-state index contributed by atoms with van der Waals surface area (Å²) in [6.07, 6.45) is 7.79. The Hall–Kier alpha value is -3.10. The van der Waals surface area contributed by atoms with E-state index in [1.807, 2.05) is 31.2 Å². The Bertz CT molecular complexity index is 1230. The number of unbranched alkanes of at least 4 members (excludes halogenated alkanes) is 2. The lowest BCUT2D eigenvalue weighted by Crippen LogP contribution is -2.33. The smallest absolute Gasteiger partial charge is 0.170 e. The molecule has 2 N–H and O–H groups in total. The Morgan fingerprint density at radius 2 is 1.51 bits per heavy atom. The van der Waals surface area contributed by atoms with E-state index in [0.29, 0.717) is 22.4 Å². The fourth-order valence-corrected chi connectivity index (χ4v) is 4.67. The molecule has 8 heteroatoms. The van der Waals surface area contributed by atoms with Crippen molar-refractivity contribution >= 4 is 33.9 Å². The Morgan fingerprint density at radius 3 is 2.18 bits per heavy atom. The number of aryl methyl sites for hydroxylation is 2. The molecule has 0 aliphatic rings. The molecule has 39 heavy (non-hydrogen) atoms. The lowest BCUT2D eigenvalue weighted by Gasteiger charge is -2.22. The molecule has 0 saturated carbocycles. The molecule has 0 aliphatic carbocycles. The average Bonchev–Trinajstić information content (AvgIpc) is 2.94. The zero-order chi connectivity index (χ0) is 28.2. The monoisotopic (exact) mass is 552 g/mol. The highest BCUT2D eigenvalue weighted by atomic mass is 32.1. The number of aromatic nitrogens is 1. The highest BCUT2D eigenvalue weighted by Crippen LogP contribution is 2.38. The van der Waals surface area contributed by atoms with E-state index >= 15 is 0 Å². The first-order valence-corrected chi connectivity index (χ1v) is 14.4. The van der Waals surface area contributed by atoms with Crippen LogP contribution in [0.2, 0.25) is 0 Å². The quantitative estimate of drug-likeness (QED) is 0.151.